The molecule has 0 atom stereocenters. The third-order valence-electron chi connectivity index (χ3n) is 3.83. The maximum atomic E-state index is 12.1. The van der Waals surface area contributed by atoms with Gasteiger partial charge in [-0.05, 0) is 40.2 Å². The van der Waals surface area contributed by atoms with Crippen LogP contribution in [0.5, 0.6) is 0 Å². The summed E-state index contributed by atoms with van der Waals surface area (Å²) >= 11 is 3.34. The zero-order valence-electron chi connectivity index (χ0n) is 14.7. The lowest BCUT2D eigenvalue weighted by Crippen LogP contribution is -2.18. The number of carbonyl (C=O) groups excluding carboxylic acids is 1. The molecule has 1 aromatic carbocycles. The van der Waals surface area contributed by atoms with Gasteiger partial charge in [-0.2, -0.15) is 0 Å². The van der Waals surface area contributed by atoms with Crippen LogP contribution in [-0.2, 0) is 4.74 Å². The van der Waals surface area contributed by atoms with Crippen molar-refractivity contribution < 1.29 is 9.53 Å². The summed E-state index contributed by atoms with van der Waals surface area (Å²) in [4.78, 5) is 26.5. The van der Waals surface area contributed by atoms with E-state index in [4.69, 9.17) is 10.5 Å². The van der Waals surface area contributed by atoms with Gasteiger partial charge in [0.15, 0.2) is 11.6 Å². The molecule has 2 heterocycles. The summed E-state index contributed by atoms with van der Waals surface area (Å²) in [6.07, 6.45) is 3.06. The number of methoxy groups -OCH3 is 1. The Morgan fingerprint density at radius 2 is 1.96 bits per heavy atom. The summed E-state index contributed by atoms with van der Waals surface area (Å²) in [6, 6.07) is 10.7. The van der Waals surface area contributed by atoms with Crippen molar-refractivity contribution in [2.24, 2.45) is 0 Å². The van der Waals surface area contributed by atoms with E-state index in [1.54, 1.807) is 42.4 Å². The molecule has 0 amide bonds. The lowest BCUT2D eigenvalue weighted by Gasteiger charge is -2.22. The topological polar surface area (TPSA) is 106 Å². The molecule has 3 aromatic rings. The number of ether oxygens (including phenoxy) is 1. The minimum atomic E-state index is -0.442. The third-order valence-corrected chi connectivity index (χ3v) is 4.29. The van der Waals surface area contributed by atoms with Crippen LogP contribution in [0.4, 0.5) is 28.8 Å². The van der Waals surface area contributed by atoms with E-state index in [2.05, 4.69) is 36.2 Å². The van der Waals surface area contributed by atoms with Gasteiger partial charge in [0.1, 0.15) is 17.8 Å². The van der Waals surface area contributed by atoms with Crippen molar-refractivity contribution in [2.75, 3.05) is 30.1 Å². The average molecular weight is 429 g/mol. The molecule has 0 fully saturated rings. The van der Waals surface area contributed by atoms with Crippen molar-refractivity contribution in [3.05, 3.63) is 59.0 Å². The number of nitrogens with zero attached hydrogens (tertiary/aromatic N) is 4. The number of benzene rings is 1. The maximum Gasteiger partial charge on any atom is 0.339 e. The minimum absolute atomic E-state index is 0.324. The molecule has 0 aliphatic rings. The predicted molar refractivity (Wildman–Crippen MR) is 108 cm³/mol. The average Bonchev–Trinajstić information content (AvgIpc) is 2.70. The molecule has 0 saturated carbocycles. The van der Waals surface area contributed by atoms with E-state index in [1.807, 2.05) is 12.1 Å². The molecule has 138 valence electrons. The Morgan fingerprint density at radius 1 is 1.19 bits per heavy atom. The van der Waals surface area contributed by atoms with Crippen LogP contribution in [0.1, 0.15) is 10.4 Å². The first kappa shape index (κ1) is 18.6. The van der Waals surface area contributed by atoms with Crippen LogP contribution in [-0.4, -0.2) is 35.1 Å². The van der Waals surface area contributed by atoms with E-state index >= 15 is 0 Å². The van der Waals surface area contributed by atoms with Crippen LogP contribution in [0.2, 0.25) is 0 Å². The van der Waals surface area contributed by atoms with Gasteiger partial charge in [0.25, 0.3) is 0 Å². The highest BCUT2D eigenvalue weighted by Crippen LogP contribution is 2.33. The highest BCUT2D eigenvalue weighted by Gasteiger charge is 2.19. The number of aromatic nitrogens is 3. The summed E-state index contributed by atoms with van der Waals surface area (Å²) in [5, 5.41) is 3.07. The second kappa shape index (κ2) is 8.00. The van der Waals surface area contributed by atoms with Crippen molar-refractivity contribution in [1.82, 2.24) is 15.0 Å². The SMILES string of the molecule is COC(=O)c1ccccc1N(C)c1ncnc(Nc2ccc(Br)cn2)c1N. The van der Waals surface area contributed by atoms with Crippen molar-refractivity contribution in [3.8, 4) is 0 Å². The predicted octanol–water partition coefficient (Wildman–Crippen LogP) is 3.51. The van der Waals surface area contributed by atoms with Crippen molar-refractivity contribution >= 4 is 50.7 Å². The number of rotatable bonds is 5. The number of para-hydroxylation sites is 1. The van der Waals surface area contributed by atoms with E-state index < -0.39 is 5.97 Å². The van der Waals surface area contributed by atoms with Gasteiger partial charge in [-0.3, -0.25) is 0 Å². The van der Waals surface area contributed by atoms with Gasteiger partial charge < -0.3 is 20.7 Å². The lowest BCUT2D eigenvalue weighted by molar-refractivity contribution is 0.0601. The number of anilines is 5. The minimum Gasteiger partial charge on any atom is -0.465 e. The standard InChI is InChI=1S/C18H17BrN6O2/c1-25(13-6-4-3-5-12(13)18(26)27-2)17-15(20)16(22-10-23-17)24-14-8-7-11(19)9-21-14/h3-10H,20H2,1-2H3,(H,21,22,23,24). The normalized spacial score (nSPS) is 10.3. The first-order chi connectivity index (χ1) is 13.0. The molecule has 2 aromatic heterocycles. The highest BCUT2D eigenvalue weighted by molar-refractivity contribution is 9.10. The zero-order valence-corrected chi connectivity index (χ0v) is 16.3. The van der Waals surface area contributed by atoms with Crippen LogP contribution in [0.3, 0.4) is 0 Å². The van der Waals surface area contributed by atoms with Gasteiger partial charge in [0.05, 0.1) is 18.4 Å². The second-order valence-corrected chi connectivity index (χ2v) is 6.43. The summed E-state index contributed by atoms with van der Waals surface area (Å²) < 4.78 is 5.72. The number of halogens is 1. The molecule has 0 spiro atoms. The number of hydrogen-bond donors (Lipinski definition) is 2. The number of hydrogen-bond acceptors (Lipinski definition) is 8. The van der Waals surface area contributed by atoms with Gasteiger partial charge >= 0.3 is 5.97 Å². The Hall–Kier alpha value is -3.20. The largest absolute Gasteiger partial charge is 0.465 e. The van der Waals surface area contributed by atoms with Crippen LogP contribution in [0.25, 0.3) is 0 Å². The van der Waals surface area contributed by atoms with Crippen molar-refractivity contribution in [1.29, 1.82) is 0 Å². The Morgan fingerprint density at radius 3 is 2.67 bits per heavy atom. The van der Waals surface area contributed by atoms with Gasteiger partial charge in [-0.25, -0.2) is 19.7 Å². The molecule has 0 bridgehead atoms. The van der Waals surface area contributed by atoms with Gasteiger partial charge in [-0.1, -0.05) is 12.1 Å². The van der Waals surface area contributed by atoms with Crippen molar-refractivity contribution in [2.45, 2.75) is 0 Å². The molecule has 3 rings (SSSR count). The first-order valence-electron chi connectivity index (χ1n) is 7.91. The molecule has 9 heteroatoms. The van der Waals surface area contributed by atoms with Crippen LogP contribution >= 0.6 is 15.9 Å². The molecule has 0 aliphatic carbocycles. The number of nitrogens with two attached hydrogens (primary N) is 1. The Balaban J connectivity index is 1.96. The number of pyridine rings is 1. The summed E-state index contributed by atoms with van der Waals surface area (Å²) in [5.41, 5.74) is 7.62. The first-order valence-corrected chi connectivity index (χ1v) is 8.70. The molecule has 0 unspecified atom stereocenters. The fourth-order valence-corrected chi connectivity index (χ4v) is 2.72. The fraction of sp³-hybridized carbons (Fsp3) is 0.111. The van der Waals surface area contributed by atoms with Crippen LogP contribution in [0.15, 0.2) is 53.4 Å². The summed E-state index contributed by atoms with van der Waals surface area (Å²) in [5.74, 6) is 1.01. The van der Waals surface area contributed by atoms with Crippen LogP contribution < -0.4 is 16.0 Å². The van der Waals surface area contributed by atoms with Crippen LogP contribution in [0, 0.1) is 0 Å². The monoisotopic (exact) mass is 428 g/mol. The Labute approximate surface area is 164 Å². The molecule has 0 aliphatic heterocycles. The molecule has 0 radical (unpaired) electrons. The molecule has 3 N–H and O–H groups in total. The molecule has 27 heavy (non-hydrogen) atoms. The molecule has 0 saturated heterocycles. The quantitative estimate of drug-likeness (QED) is 0.594. The number of nitrogens with one attached hydrogen (secondary N) is 1. The number of esters is 1. The Kier molecular flexibility index (Phi) is 5.51. The highest BCUT2D eigenvalue weighted by atomic mass is 79.9. The van der Waals surface area contributed by atoms with Crippen molar-refractivity contribution in [3.63, 3.8) is 0 Å². The number of carbonyl (C=O) groups is 1. The Bertz CT molecular complexity index is 964. The number of nitrogen functional groups attached to an aromatic ring is 1. The molecular formula is C18H17BrN6O2. The maximum absolute atomic E-state index is 12.1. The molecule has 8 nitrogen and oxygen atoms in total. The van der Waals surface area contributed by atoms with Gasteiger partial charge in [0.2, 0.25) is 0 Å². The third kappa shape index (κ3) is 3.98. The molecular weight excluding hydrogens is 412 g/mol. The summed E-state index contributed by atoms with van der Waals surface area (Å²) in [6.45, 7) is 0. The van der Waals surface area contributed by atoms with Gasteiger partial charge in [-0.15, -0.1) is 0 Å². The smallest absolute Gasteiger partial charge is 0.339 e. The van der Waals surface area contributed by atoms with E-state index in [0.29, 0.717) is 34.4 Å². The van der Waals surface area contributed by atoms with E-state index in [9.17, 15) is 4.79 Å². The summed E-state index contributed by atoms with van der Waals surface area (Å²) in [7, 11) is 3.10. The second-order valence-electron chi connectivity index (χ2n) is 5.51. The lowest BCUT2D eigenvalue weighted by atomic mass is 10.1. The zero-order chi connectivity index (χ0) is 19.4. The van der Waals surface area contributed by atoms with E-state index in [-0.39, 0.29) is 0 Å². The van der Waals surface area contributed by atoms with Gasteiger partial charge in [0, 0.05) is 17.7 Å². The van der Waals surface area contributed by atoms with E-state index in [1.165, 1.54) is 13.4 Å². The fourth-order valence-electron chi connectivity index (χ4n) is 2.49. The van der Waals surface area contributed by atoms with E-state index in [0.717, 1.165) is 4.47 Å².